The molecule has 13 heavy (non-hydrogen) atoms. The third kappa shape index (κ3) is 1.41. The van der Waals surface area contributed by atoms with E-state index in [-0.39, 0.29) is 4.90 Å². The summed E-state index contributed by atoms with van der Waals surface area (Å²) in [7, 11) is 0. The maximum Gasteiger partial charge on any atom is 0.222 e. The molecule has 1 aliphatic heterocycles. The Labute approximate surface area is 91.4 Å². The molecule has 0 bridgehead atoms. The number of aromatic nitrogens is 1. The molecule has 1 amide bonds. The van der Waals surface area contributed by atoms with Gasteiger partial charge in [0, 0.05) is 32.5 Å². The quantitative estimate of drug-likeness (QED) is 0.663. The largest absolute Gasteiger partial charge is 0.339 e. The maximum atomic E-state index is 12.1. The van der Waals surface area contributed by atoms with Gasteiger partial charge in [-0.2, -0.15) is 0 Å². The SMILES string of the molecule is [2H]c1nc([2H])c([C@]2([2H])CC([2H])([2H])C(=O)N2C([2H])([2H])[2H])c([2H])c1[2H]. The molecule has 2 rings (SSSR count). The standard InChI is InChI=1S/C10H12N2O/c1-12-9(4-5-10(12)13)8-3-2-6-11-7-8/h2-3,6-7,9H,4-5H2,1H3/t9-/m0/s1/i1D3,2D,3D,5D2,6D,7D,9D. The highest BCUT2D eigenvalue weighted by Crippen LogP contribution is 2.30. The van der Waals surface area contributed by atoms with Crippen molar-refractivity contribution in [1.29, 1.82) is 0 Å². The van der Waals surface area contributed by atoms with Gasteiger partial charge in [-0.1, -0.05) is 6.04 Å². The number of nitrogens with zero attached hydrogens (tertiary/aromatic N) is 2. The normalized spacial score (nSPS) is 44.0. The smallest absolute Gasteiger partial charge is 0.222 e. The van der Waals surface area contributed by atoms with Crippen LogP contribution < -0.4 is 0 Å². The number of hydrogen-bond donors (Lipinski definition) is 0. The average molecular weight is 186 g/mol. The third-order valence-electron chi connectivity index (χ3n) is 1.64. The highest BCUT2D eigenvalue weighted by molar-refractivity contribution is 5.78. The summed E-state index contributed by atoms with van der Waals surface area (Å²) in [5.41, 5.74) is -0.677. The van der Waals surface area contributed by atoms with E-state index < -0.39 is 61.7 Å². The van der Waals surface area contributed by atoms with Crippen LogP contribution in [0.5, 0.6) is 0 Å². The van der Waals surface area contributed by atoms with E-state index in [1.807, 2.05) is 0 Å². The molecule has 68 valence electrons. The van der Waals surface area contributed by atoms with E-state index in [0.29, 0.717) is 0 Å². The Morgan fingerprint density at radius 3 is 3.77 bits per heavy atom. The molecule has 2 heterocycles. The fraction of sp³-hybridized carbons (Fsp3) is 0.400. The zero-order valence-electron chi connectivity index (χ0n) is 16.5. The zero-order valence-corrected chi connectivity index (χ0v) is 6.51. The van der Waals surface area contributed by atoms with Crippen LogP contribution >= 0.6 is 0 Å². The summed E-state index contributed by atoms with van der Waals surface area (Å²) in [5, 5.41) is 0. The van der Waals surface area contributed by atoms with Gasteiger partial charge in [0.05, 0.1) is 12.9 Å². The van der Waals surface area contributed by atoms with Crippen LogP contribution in [0.4, 0.5) is 0 Å². The van der Waals surface area contributed by atoms with Gasteiger partial charge in [0.15, 0.2) is 0 Å². The number of amides is 1. The number of hydrogen-bond acceptors (Lipinski definition) is 2. The fourth-order valence-electron chi connectivity index (χ4n) is 1.01. The molecule has 1 atom stereocenters. The Kier molecular flexibility index (Phi) is 0.624. The summed E-state index contributed by atoms with van der Waals surface area (Å²) < 4.78 is 76.3. The number of carbonyl (C=O) groups is 1. The second kappa shape index (κ2) is 3.17. The van der Waals surface area contributed by atoms with Crippen molar-refractivity contribution in [3.8, 4) is 0 Å². The van der Waals surface area contributed by atoms with Crippen LogP contribution in [0.2, 0.25) is 0 Å². The predicted molar refractivity (Wildman–Crippen MR) is 49.0 cm³/mol. The van der Waals surface area contributed by atoms with E-state index >= 15 is 0 Å². The maximum absolute atomic E-state index is 12.1. The Morgan fingerprint density at radius 2 is 2.92 bits per heavy atom. The molecule has 0 unspecified atom stereocenters. The van der Waals surface area contributed by atoms with Crippen LogP contribution in [0, 0.1) is 0 Å². The molecule has 1 aromatic heterocycles. The second-order valence-electron chi connectivity index (χ2n) is 2.40. The van der Waals surface area contributed by atoms with E-state index in [2.05, 4.69) is 4.98 Å². The van der Waals surface area contributed by atoms with Crippen LogP contribution in [0.1, 0.15) is 38.1 Å². The first-order valence-electron chi connectivity index (χ1n) is 8.53. The molecule has 0 radical (unpaired) electrons. The number of pyridine rings is 1. The van der Waals surface area contributed by atoms with Gasteiger partial charge in [-0.3, -0.25) is 9.78 Å². The predicted octanol–water partition coefficient (Wildman–Crippen LogP) is 1.37. The molecule has 3 heteroatoms. The van der Waals surface area contributed by atoms with Crippen LogP contribution in [0.15, 0.2) is 24.4 Å². The topological polar surface area (TPSA) is 33.2 Å². The number of rotatable bonds is 1. The van der Waals surface area contributed by atoms with Crippen molar-refractivity contribution < 1.29 is 18.5 Å². The first-order valence-corrected chi connectivity index (χ1v) is 3.53. The van der Waals surface area contributed by atoms with Gasteiger partial charge in [0.2, 0.25) is 5.91 Å². The summed E-state index contributed by atoms with van der Waals surface area (Å²) >= 11 is 0. The van der Waals surface area contributed by atoms with Gasteiger partial charge in [0.1, 0.15) is 0 Å². The molecule has 0 N–H and O–H groups in total. The van der Waals surface area contributed by atoms with Gasteiger partial charge in [-0.15, -0.1) is 0 Å². The molecular formula is C10H12N2O. The van der Waals surface area contributed by atoms with Crippen molar-refractivity contribution in [2.24, 2.45) is 0 Å². The van der Waals surface area contributed by atoms with Gasteiger partial charge >= 0.3 is 0 Å². The second-order valence-corrected chi connectivity index (χ2v) is 2.40. The molecule has 0 saturated carbocycles. The van der Waals surface area contributed by atoms with E-state index in [9.17, 15) is 4.79 Å². The van der Waals surface area contributed by atoms with Crippen LogP contribution in [0.3, 0.4) is 0 Å². The minimum atomic E-state index is -3.18. The van der Waals surface area contributed by atoms with Crippen molar-refractivity contribution in [1.82, 2.24) is 9.88 Å². The number of carbonyl (C=O) groups excluding carboxylic acids is 1. The molecular weight excluding hydrogens is 164 g/mol. The van der Waals surface area contributed by atoms with Gasteiger partial charge in [-0.05, 0) is 18.0 Å². The van der Waals surface area contributed by atoms with Crippen molar-refractivity contribution in [2.45, 2.75) is 18.8 Å². The lowest BCUT2D eigenvalue weighted by Gasteiger charge is -2.19. The van der Waals surface area contributed by atoms with Crippen molar-refractivity contribution in [3.63, 3.8) is 0 Å². The number of likely N-dealkylation sites (tertiary alicyclic amines) is 1. The summed E-state index contributed by atoms with van der Waals surface area (Å²) in [5.74, 6) is -1.45. The van der Waals surface area contributed by atoms with E-state index in [1.165, 1.54) is 0 Å². The highest BCUT2D eigenvalue weighted by atomic mass is 16.2. The Bertz CT molecular complexity index is 687. The van der Waals surface area contributed by atoms with Crippen molar-refractivity contribution >= 4 is 5.91 Å². The molecule has 1 fully saturated rings. The lowest BCUT2D eigenvalue weighted by atomic mass is 10.1. The van der Waals surface area contributed by atoms with Crippen LogP contribution in [-0.2, 0) is 4.79 Å². The lowest BCUT2D eigenvalue weighted by molar-refractivity contribution is -0.127. The highest BCUT2D eigenvalue weighted by Gasteiger charge is 2.28. The molecule has 1 saturated heterocycles. The molecule has 1 aromatic rings. The minimum Gasteiger partial charge on any atom is -0.339 e. The first kappa shape index (κ1) is 2.56. The molecule has 0 aromatic carbocycles. The Hall–Kier alpha value is -1.38. The Balaban J connectivity index is 2.79. The molecule has 0 aliphatic carbocycles. The van der Waals surface area contributed by atoms with Crippen LogP contribution in [0.25, 0.3) is 0 Å². The van der Waals surface area contributed by atoms with Gasteiger partial charge in [-0.25, -0.2) is 0 Å². The minimum absolute atomic E-state index is 0.0101. The van der Waals surface area contributed by atoms with Crippen LogP contribution in [-0.4, -0.2) is 22.8 Å². The summed E-state index contributed by atoms with van der Waals surface area (Å²) in [6, 6.07) is -4.10. The van der Waals surface area contributed by atoms with Crippen molar-refractivity contribution in [2.75, 3.05) is 6.98 Å². The van der Waals surface area contributed by atoms with Gasteiger partial charge < -0.3 is 4.90 Å². The Morgan fingerprint density at radius 1 is 2.00 bits per heavy atom. The summed E-state index contributed by atoms with van der Waals surface area (Å²) in [6.45, 7) is -3.18. The lowest BCUT2D eigenvalue weighted by Crippen LogP contribution is -2.22. The molecule has 3 nitrogen and oxygen atoms in total. The summed E-state index contributed by atoms with van der Waals surface area (Å²) in [6.07, 6.45) is -5.09. The molecule has 0 spiro atoms. The van der Waals surface area contributed by atoms with Crippen molar-refractivity contribution in [3.05, 3.63) is 30.0 Å². The third-order valence-corrected chi connectivity index (χ3v) is 1.64. The monoisotopic (exact) mass is 186 g/mol. The fourth-order valence-corrected chi connectivity index (χ4v) is 1.01. The molecule has 1 aliphatic rings. The first-order chi connectivity index (χ1) is 10.2. The van der Waals surface area contributed by atoms with Gasteiger partial charge in [0.25, 0.3) is 0 Å². The van der Waals surface area contributed by atoms with E-state index in [0.717, 1.165) is 0 Å². The summed E-state index contributed by atoms with van der Waals surface area (Å²) in [4.78, 5) is 15.5. The average Bonchev–Trinajstić information content (AvgIpc) is 2.51. The zero-order chi connectivity index (χ0) is 18.0. The van der Waals surface area contributed by atoms with E-state index in [1.54, 1.807) is 0 Å². The van der Waals surface area contributed by atoms with E-state index in [4.69, 9.17) is 13.7 Å².